The van der Waals surface area contributed by atoms with Crippen molar-refractivity contribution < 1.29 is 28.2 Å². The lowest BCUT2D eigenvalue weighted by molar-refractivity contribution is 0.0695. The Morgan fingerprint density at radius 2 is 1.94 bits per heavy atom. The van der Waals surface area contributed by atoms with Gasteiger partial charge in [-0.15, -0.1) is 0 Å². The van der Waals surface area contributed by atoms with Crippen LogP contribution in [-0.4, -0.2) is 26.8 Å². The molecule has 0 radical (unpaired) electrons. The second-order valence-corrected chi connectivity index (χ2v) is 7.67. The number of hydrogen-bond donors (Lipinski definition) is 2. The van der Waals surface area contributed by atoms with Crippen LogP contribution in [0.5, 0.6) is 11.6 Å². The number of benzene rings is 2. The van der Waals surface area contributed by atoms with Crippen LogP contribution in [0.2, 0.25) is 0 Å². The number of alkyl halides is 2. The first-order valence-corrected chi connectivity index (χ1v) is 10.4. The second kappa shape index (κ2) is 9.81. The first-order valence-electron chi connectivity index (χ1n) is 10.4. The number of nitrogens with one attached hydrogen (secondary N) is 1. The molecule has 0 spiro atoms. The summed E-state index contributed by atoms with van der Waals surface area (Å²) in [7, 11) is 1.43. The molecule has 3 aromatic rings. The van der Waals surface area contributed by atoms with Gasteiger partial charge in [-0.05, 0) is 55.2 Å². The molecule has 7 nitrogen and oxygen atoms in total. The van der Waals surface area contributed by atoms with E-state index in [4.69, 9.17) is 4.74 Å². The molecule has 2 N–H and O–H groups in total. The molecule has 0 bridgehead atoms. The molecule has 0 fully saturated rings. The summed E-state index contributed by atoms with van der Waals surface area (Å²) >= 11 is 0. The lowest BCUT2D eigenvalue weighted by Crippen LogP contribution is -2.27. The Hall–Kier alpha value is -3.75. The van der Waals surface area contributed by atoms with Crippen LogP contribution in [0, 0.1) is 6.92 Å². The van der Waals surface area contributed by atoms with Gasteiger partial charge in [0.2, 0.25) is 5.88 Å². The van der Waals surface area contributed by atoms with Crippen LogP contribution in [0.4, 0.5) is 8.78 Å². The average molecular weight is 457 g/mol. The molecule has 1 amide bonds. The number of ether oxygens (including phenoxy) is 1. The van der Waals surface area contributed by atoms with Gasteiger partial charge >= 0.3 is 5.97 Å². The highest BCUT2D eigenvalue weighted by molar-refractivity contribution is 5.98. The first-order chi connectivity index (χ1) is 15.6. The maximum atomic E-state index is 13.7. The molecule has 0 aliphatic rings. The van der Waals surface area contributed by atoms with Crippen LogP contribution in [0.3, 0.4) is 0 Å². The minimum absolute atomic E-state index is 0.0966. The fourth-order valence-electron chi connectivity index (χ4n) is 3.50. The molecule has 174 valence electrons. The zero-order valence-corrected chi connectivity index (χ0v) is 18.7. The summed E-state index contributed by atoms with van der Waals surface area (Å²) in [6.07, 6.45) is -2.22. The molecular weight excluding hydrogens is 432 g/mol. The summed E-state index contributed by atoms with van der Waals surface area (Å²) in [4.78, 5) is 24.3. The van der Waals surface area contributed by atoms with E-state index in [1.54, 1.807) is 44.2 Å². The molecule has 1 unspecified atom stereocenters. The fourth-order valence-corrected chi connectivity index (χ4v) is 3.50. The Labute approximate surface area is 190 Å². The topological polar surface area (TPSA) is 93.4 Å². The highest BCUT2D eigenvalue weighted by atomic mass is 19.3. The molecule has 33 heavy (non-hydrogen) atoms. The van der Waals surface area contributed by atoms with Crippen molar-refractivity contribution in [3.63, 3.8) is 0 Å². The average Bonchev–Trinajstić information content (AvgIpc) is 3.09. The lowest BCUT2D eigenvalue weighted by atomic mass is 10.0. The van der Waals surface area contributed by atoms with Crippen LogP contribution in [0.15, 0.2) is 42.5 Å². The van der Waals surface area contributed by atoms with E-state index in [-0.39, 0.29) is 17.0 Å². The van der Waals surface area contributed by atoms with Crippen molar-refractivity contribution in [2.24, 2.45) is 7.05 Å². The highest BCUT2D eigenvalue weighted by Crippen LogP contribution is 2.33. The third kappa shape index (κ3) is 5.19. The number of halogens is 2. The molecule has 1 aromatic heterocycles. The van der Waals surface area contributed by atoms with E-state index >= 15 is 0 Å². The smallest absolute Gasteiger partial charge is 0.335 e. The van der Waals surface area contributed by atoms with E-state index in [1.807, 2.05) is 13.0 Å². The number of carboxylic acids is 1. The van der Waals surface area contributed by atoms with Gasteiger partial charge in [0, 0.05) is 7.05 Å². The molecule has 3 rings (SSSR count). The van der Waals surface area contributed by atoms with E-state index in [0.717, 1.165) is 16.7 Å². The predicted octanol–water partition coefficient (Wildman–Crippen LogP) is 5.21. The number of carbonyl (C=O) groups excluding carboxylic acids is 1. The van der Waals surface area contributed by atoms with Crippen molar-refractivity contribution >= 4 is 11.9 Å². The Kier molecular flexibility index (Phi) is 7.10. The summed E-state index contributed by atoms with van der Waals surface area (Å²) in [6.45, 7) is 5.30. The van der Waals surface area contributed by atoms with Gasteiger partial charge in [0.05, 0.1) is 11.6 Å². The number of carbonyl (C=O) groups is 2. The number of carboxylic acid groups (broad SMARTS) is 1. The Bertz CT molecular complexity index is 1190. The van der Waals surface area contributed by atoms with Gasteiger partial charge in [-0.2, -0.15) is 5.10 Å². The number of hydrogen-bond acceptors (Lipinski definition) is 4. The maximum Gasteiger partial charge on any atom is 0.335 e. The summed E-state index contributed by atoms with van der Waals surface area (Å²) in [5, 5.41) is 15.7. The van der Waals surface area contributed by atoms with Crippen molar-refractivity contribution in [2.45, 2.75) is 39.7 Å². The number of nitrogens with zero attached hydrogens (tertiary/aromatic N) is 2. The first kappa shape index (κ1) is 23.9. The largest absolute Gasteiger partial charge is 0.478 e. The third-order valence-corrected chi connectivity index (χ3v) is 5.31. The molecule has 2 aromatic carbocycles. The molecule has 0 saturated carbocycles. The van der Waals surface area contributed by atoms with Gasteiger partial charge in [0.1, 0.15) is 17.0 Å². The van der Waals surface area contributed by atoms with E-state index < -0.39 is 30.0 Å². The van der Waals surface area contributed by atoms with Crippen LogP contribution in [0.25, 0.3) is 0 Å². The van der Waals surface area contributed by atoms with Crippen LogP contribution in [-0.2, 0) is 13.5 Å². The molecule has 0 saturated heterocycles. The van der Waals surface area contributed by atoms with E-state index in [2.05, 4.69) is 10.4 Å². The lowest BCUT2D eigenvalue weighted by Gasteiger charge is -2.17. The fraction of sp³-hybridized carbons (Fsp3) is 0.292. The van der Waals surface area contributed by atoms with E-state index in [9.17, 15) is 23.5 Å². The number of aryl methyl sites for hydroxylation is 3. The van der Waals surface area contributed by atoms with Gasteiger partial charge in [0.25, 0.3) is 12.3 Å². The van der Waals surface area contributed by atoms with E-state index in [0.29, 0.717) is 16.9 Å². The molecular formula is C24H25F2N3O4. The molecule has 1 heterocycles. The minimum atomic E-state index is -2.98. The van der Waals surface area contributed by atoms with Gasteiger partial charge in [-0.25, -0.2) is 18.3 Å². The molecule has 9 heteroatoms. The number of rotatable bonds is 8. The highest BCUT2D eigenvalue weighted by Gasteiger charge is 2.30. The summed E-state index contributed by atoms with van der Waals surface area (Å²) in [5.41, 5.74) is 1.27. The van der Waals surface area contributed by atoms with Crippen LogP contribution < -0.4 is 10.1 Å². The van der Waals surface area contributed by atoms with Crippen LogP contribution >= 0.6 is 0 Å². The van der Waals surface area contributed by atoms with Crippen molar-refractivity contribution in [3.05, 3.63) is 76.0 Å². The summed E-state index contributed by atoms with van der Waals surface area (Å²) < 4.78 is 34.4. The molecule has 0 aliphatic heterocycles. The monoisotopic (exact) mass is 457 g/mol. The van der Waals surface area contributed by atoms with E-state index in [1.165, 1.54) is 13.1 Å². The van der Waals surface area contributed by atoms with Gasteiger partial charge < -0.3 is 15.2 Å². The predicted molar refractivity (Wildman–Crippen MR) is 118 cm³/mol. The number of aromatic carboxylic acids is 1. The number of amides is 1. The number of aromatic nitrogens is 2. The maximum absolute atomic E-state index is 13.7. The zero-order chi connectivity index (χ0) is 24.3. The second-order valence-electron chi connectivity index (χ2n) is 7.67. The molecule has 1 atom stereocenters. The van der Waals surface area contributed by atoms with Gasteiger partial charge in [-0.3, -0.25) is 4.79 Å². The SMILES string of the molecule is CCc1cccc(Oc2c(C(=O)NC(C)c3ccc(C(=O)O)c(C)c3)c(C(F)F)nn2C)c1. The summed E-state index contributed by atoms with van der Waals surface area (Å²) in [6, 6.07) is 11.2. The Balaban J connectivity index is 1.93. The Morgan fingerprint density at radius 1 is 1.21 bits per heavy atom. The van der Waals surface area contributed by atoms with Crippen molar-refractivity contribution in [2.75, 3.05) is 0 Å². The van der Waals surface area contributed by atoms with Gasteiger partial charge in [-0.1, -0.05) is 31.2 Å². The van der Waals surface area contributed by atoms with Crippen LogP contribution in [0.1, 0.15) is 69.4 Å². The van der Waals surface area contributed by atoms with Crippen molar-refractivity contribution in [1.29, 1.82) is 0 Å². The summed E-state index contributed by atoms with van der Waals surface area (Å²) in [5.74, 6) is -1.52. The normalized spacial score (nSPS) is 12.0. The zero-order valence-electron chi connectivity index (χ0n) is 18.7. The quantitative estimate of drug-likeness (QED) is 0.484. The van der Waals surface area contributed by atoms with Gasteiger partial charge in [0.15, 0.2) is 0 Å². The van der Waals surface area contributed by atoms with Crippen molar-refractivity contribution in [1.82, 2.24) is 15.1 Å². The molecule has 0 aliphatic carbocycles. The Morgan fingerprint density at radius 3 is 2.55 bits per heavy atom. The third-order valence-electron chi connectivity index (χ3n) is 5.31. The minimum Gasteiger partial charge on any atom is -0.478 e. The van der Waals surface area contributed by atoms with Crippen molar-refractivity contribution in [3.8, 4) is 11.6 Å². The standard InChI is InChI=1S/C24H25F2N3O4/c1-5-15-7-6-8-17(12-15)33-23-19(20(21(25)26)28-29(23)4)22(30)27-14(3)16-9-10-18(24(31)32)13(2)11-16/h6-12,14,21H,5H2,1-4H3,(H,27,30)(H,31,32).